The molecule has 4 rings (SSSR count). The van der Waals surface area contributed by atoms with Crippen molar-refractivity contribution in [2.24, 2.45) is 0 Å². The van der Waals surface area contributed by atoms with E-state index in [-0.39, 0.29) is 11.4 Å². The van der Waals surface area contributed by atoms with E-state index < -0.39 is 0 Å². The van der Waals surface area contributed by atoms with Crippen LogP contribution < -0.4 is 20.5 Å². The number of nitrogens with two attached hydrogens (primary N) is 1. The Bertz CT molecular complexity index is 994. The van der Waals surface area contributed by atoms with Crippen LogP contribution in [-0.4, -0.2) is 23.2 Å². The average molecular weight is 376 g/mol. The van der Waals surface area contributed by atoms with E-state index in [1.807, 2.05) is 24.3 Å². The predicted octanol–water partition coefficient (Wildman–Crippen LogP) is 4.54. The standard InChI is InChI=1S/C22H24N4O2/c1-22(2,3)15-6-4-14(5-7-15)17-13-20(26-21(23)25-17)24-16-8-9-18-19(12-16)28-11-10-27-18/h4-9,12-13H,10-11H2,1-3H3,(H3,23,24,25,26). The number of anilines is 3. The molecule has 0 aliphatic carbocycles. The summed E-state index contributed by atoms with van der Waals surface area (Å²) in [6, 6.07) is 16.0. The van der Waals surface area contributed by atoms with Gasteiger partial charge in [0.1, 0.15) is 19.0 Å². The molecule has 2 heterocycles. The van der Waals surface area contributed by atoms with E-state index in [4.69, 9.17) is 15.2 Å². The highest BCUT2D eigenvalue weighted by atomic mass is 16.6. The quantitative estimate of drug-likeness (QED) is 0.698. The number of hydrogen-bond donors (Lipinski definition) is 2. The third kappa shape index (κ3) is 3.86. The monoisotopic (exact) mass is 376 g/mol. The maximum absolute atomic E-state index is 5.95. The van der Waals surface area contributed by atoms with Crippen molar-refractivity contribution in [3.05, 3.63) is 54.1 Å². The minimum absolute atomic E-state index is 0.105. The molecule has 0 saturated carbocycles. The van der Waals surface area contributed by atoms with Gasteiger partial charge in [-0.15, -0.1) is 0 Å². The van der Waals surface area contributed by atoms with Crippen LogP contribution in [0.2, 0.25) is 0 Å². The highest BCUT2D eigenvalue weighted by Crippen LogP contribution is 2.34. The molecule has 3 N–H and O–H groups in total. The predicted molar refractivity (Wildman–Crippen MR) is 111 cm³/mol. The Hall–Kier alpha value is -3.28. The fourth-order valence-electron chi connectivity index (χ4n) is 3.09. The summed E-state index contributed by atoms with van der Waals surface area (Å²) in [6.07, 6.45) is 0. The Morgan fingerprint density at radius 2 is 1.61 bits per heavy atom. The lowest BCUT2D eigenvalue weighted by Gasteiger charge is -2.19. The Balaban J connectivity index is 1.60. The molecule has 2 aromatic carbocycles. The summed E-state index contributed by atoms with van der Waals surface area (Å²) >= 11 is 0. The van der Waals surface area contributed by atoms with Crippen molar-refractivity contribution < 1.29 is 9.47 Å². The molecule has 1 aliphatic heterocycles. The molecule has 1 aromatic heterocycles. The number of benzene rings is 2. The summed E-state index contributed by atoms with van der Waals surface area (Å²) < 4.78 is 11.2. The molecule has 6 heteroatoms. The zero-order valence-corrected chi connectivity index (χ0v) is 16.3. The van der Waals surface area contributed by atoms with Crippen molar-refractivity contribution in [3.8, 4) is 22.8 Å². The summed E-state index contributed by atoms with van der Waals surface area (Å²) in [5.41, 5.74) is 9.94. The first kappa shape index (κ1) is 18.1. The van der Waals surface area contributed by atoms with E-state index in [0.29, 0.717) is 19.0 Å². The summed E-state index contributed by atoms with van der Waals surface area (Å²) in [5, 5.41) is 3.27. The van der Waals surface area contributed by atoms with Gasteiger partial charge in [-0.1, -0.05) is 45.0 Å². The van der Waals surface area contributed by atoms with Crippen LogP contribution in [0.3, 0.4) is 0 Å². The van der Waals surface area contributed by atoms with Gasteiger partial charge in [-0.25, -0.2) is 4.98 Å². The molecule has 0 unspecified atom stereocenters. The second kappa shape index (κ2) is 7.03. The molecule has 0 radical (unpaired) electrons. The first-order chi connectivity index (χ1) is 13.4. The second-order valence-corrected chi connectivity index (χ2v) is 7.81. The van der Waals surface area contributed by atoms with Gasteiger partial charge in [-0.3, -0.25) is 0 Å². The van der Waals surface area contributed by atoms with Crippen LogP contribution in [-0.2, 0) is 5.41 Å². The highest BCUT2D eigenvalue weighted by Gasteiger charge is 2.15. The van der Waals surface area contributed by atoms with Gasteiger partial charge in [0.2, 0.25) is 5.95 Å². The molecule has 1 aliphatic rings. The van der Waals surface area contributed by atoms with E-state index in [1.54, 1.807) is 0 Å². The molecule has 0 spiro atoms. The fourth-order valence-corrected chi connectivity index (χ4v) is 3.09. The third-order valence-electron chi connectivity index (χ3n) is 4.60. The zero-order valence-electron chi connectivity index (χ0n) is 16.3. The topological polar surface area (TPSA) is 82.3 Å². The number of rotatable bonds is 3. The highest BCUT2D eigenvalue weighted by molar-refractivity contribution is 5.68. The Kier molecular flexibility index (Phi) is 4.55. The summed E-state index contributed by atoms with van der Waals surface area (Å²) in [7, 11) is 0. The maximum Gasteiger partial charge on any atom is 0.222 e. The van der Waals surface area contributed by atoms with E-state index in [2.05, 4.69) is 60.3 Å². The number of nitrogens with zero attached hydrogens (tertiary/aromatic N) is 2. The molecule has 0 amide bonds. The third-order valence-corrected chi connectivity index (χ3v) is 4.60. The molecule has 0 bridgehead atoms. The van der Waals surface area contributed by atoms with Gasteiger partial charge < -0.3 is 20.5 Å². The summed E-state index contributed by atoms with van der Waals surface area (Å²) in [4.78, 5) is 8.70. The lowest BCUT2D eigenvalue weighted by Crippen LogP contribution is -2.15. The molecule has 0 saturated heterocycles. The lowest BCUT2D eigenvalue weighted by atomic mass is 9.86. The van der Waals surface area contributed by atoms with Crippen LogP contribution in [0, 0.1) is 0 Å². The Labute approximate surface area is 164 Å². The molecule has 3 aromatic rings. The van der Waals surface area contributed by atoms with Gasteiger partial charge in [-0.2, -0.15) is 4.98 Å². The number of hydrogen-bond acceptors (Lipinski definition) is 6. The van der Waals surface area contributed by atoms with Crippen LogP contribution in [0.15, 0.2) is 48.5 Å². The van der Waals surface area contributed by atoms with Gasteiger partial charge in [0.15, 0.2) is 11.5 Å². The Morgan fingerprint density at radius 3 is 2.32 bits per heavy atom. The summed E-state index contributed by atoms with van der Waals surface area (Å²) in [5.74, 6) is 2.31. The van der Waals surface area contributed by atoms with E-state index in [9.17, 15) is 0 Å². The van der Waals surface area contributed by atoms with Crippen LogP contribution in [0.4, 0.5) is 17.5 Å². The minimum Gasteiger partial charge on any atom is -0.486 e. The van der Waals surface area contributed by atoms with Crippen LogP contribution in [0.1, 0.15) is 26.3 Å². The normalized spacial score (nSPS) is 13.2. The molecule has 0 atom stereocenters. The number of fused-ring (bicyclic) bond motifs is 1. The van der Waals surface area contributed by atoms with Gasteiger partial charge >= 0.3 is 0 Å². The number of nitrogen functional groups attached to an aromatic ring is 1. The molecule has 144 valence electrons. The van der Waals surface area contributed by atoms with Crippen molar-refractivity contribution in [2.45, 2.75) is 26.2 Å². The van der Waals surface area contributed by atoms with E-state index in [0.717, 1.165) is 28.4 Å². The second-order valence-electron chi connectivity index (χ2n) is 7.81. The number of nitrogens with one attached hydrogen (secondary N) is 1. The van der Waals surface area contributed by atoms with Crippen LogP contribution in [0.25, 0.3) is 11.3 Å². The van der Waals surface area contributed by atoms with Crippen molar-refractivity contribution in [2.75, 3.05) is 24.3 Å². The van der Waals surface area contributed by atoms with Crippen molar-refractivity contribution in [3.63, 3.8) is 0 Å². The van der Waals surface area contributed by atoms with Crippen molar-refractivity contribution in [1.82, 2.24) is 9.97 Å². The Morgan fingerprint density at radius 1 is 0.893 bits per heavy atom. The van der Waals surface area contributed by atoms with E-state index >= 15 is 0 Å². The summed E-state index contributed by atoms with van der Waals surface area (Å²) in [6.45, 7) is 7.70. The van der Waals surface area contributed by atoms with Gasteiger partial charge in [0, 0.05) is 23.4 Å². The first-order valence-electron chi connectivity index (χ1n) is 9.31. The van der Waals surface area contributed by atoms with Gasteiger partial charge in [0.05, 0.1) is 5.69 Å². The minimum atomic E-state index is 0.105. The van der Waals surface area contributed by atoms with Crippen LogP contribution in [0.5, 0.6) is 11.5 Å². The molecule has 0 fully saturated rings. The average Bonchev–Trinajstić information content (AvgIpc) is 2.67. The van der Waals surface area contributed by atoms with Crippen molar-refractivity contribution >= 4 is 17.5 Å². The largest absolute Gasteiger partial charge is 0.486 e. The van der Waals surface area contributed by atoms with Gasteiger partial charge in [0.25, 0.3) is 0 Å². The molecule has 28 heavy (non-hydrogen) atoms. The number of aromatic nitrogens is 2. The van der Waals surface area contributed by atoms with Crippen molar-refractivity contribution in [1.29, 1.82) is 0 Å². The molecular weight excluding hydrogens is 352 g/mol. The van der Waals surface area contributed by atoms with Gasteiger partial charge in [-0.05, 0) is 23.1 Å². The smallest absolute Gasteiger partial charge is 0.222 e. The first-order valence-corrected chi connectivity index (χ1v) is 9.31. The molecule has 6 nitrogen and oxygen atoms in total. The zero-order chi connectivity index (χ0) is 19.7. The SMILES string of the molecule is CC(C)(C)c1ccc(-c2cc(Nc3ccc4c(c3)OCCO4)nc(N)n2)cc1. The van der Waals surface area contributed by atoms with E-state index in [1.165, 1.54) is 5.56 Å². The lowest BCUT2D eigenvalue weighted by molar-refractivity contribution is 0.171. The molecular formula is C22H24N4O2. The fraction of sp³-hybridized carbons (Fsp3) is 0.273. The maximum atomic E-state index is 5.95. The number of ether oxygens (including phenoxy) is 2. The van der Waals surface area contributed by atoms with Crippen LogP contribution >= 0.6 is 0 Å².